The van der Waals surface area contributed by atoms with Gasteiger partial charge in [-0.05, 0) is 55.5 Å². The Morgan fingerprint density at radius 1 is 1.03 bits per heavy atom. The van der Waals surface area contributed by atoms with E-state index in [1.54, 1.807) is 14.2 Å². The molecule has 3 aromatic rings. The molecule has 36 heavy (non-hydrogen) atoms. The summed E-state index contributed by atoms with van der Waals surface area (Å²) in [6.07, 6.45) is 7.49. The summed E-state index contributed by atoms with van der Waals surface area (Å²) in [6, 6.07) is 14.7. The lowest BCUT2D eigenvalue weighted by Gasteiger charge is -2.26. The van der Waals surface area contributed by atoms with Gasteiger partial charge >= 0.3 is 0 Å². The SMILES string of the molecule is COc1ccc(Cc2nnc(SCC(=O)N3c4ccccc4C[C@@H]3C)n2C2CCCCC2)cc1OC. The molecule has 0 N–H and O–H groups in total. The number of anilines is 1. The fourth-order valence-electron chi connectivity index (χ4n) is 5.55. The zero-order chi connectivity index (χ0) is 25.1. The van der Waals surface area contributed by atoms with Crippen LogP contribution in [-0.4, -0.2) is 46.7 Å². The Bertz CT molecular complexity index is 1220. The van der Waals surface area contributed by atoms with Crippen molar-refractivity contribution >= 4 is 23.4 Å². The third-order valence-electron chi connectivity index (χ3n) is 7.29. The molecule has 5 rings (SSSR count). The molecule has 8 heteroatoms. The van der Waals surface area contributed by atoms with Crippen molar-refractivity contribution in [2.75, 3.05) is 24.9 Å². The normalized spacial score (nSPS) is 17.8. The highest BCUT2D eigenvalue weighted by molar-refractivity contribution is 7.99. The molecule has 2 heterocycles. The predicted octanol–water partition coefficient (Wildman–Crippen LogP) is 5.46. The number of thioether (sulfide) groups is 1. The number of aromatic nitrogens is 3. The largest absolute Gasteiger partial charge is 0.493 e. The summed E-state index contributed by atoms with van der Waals surface area (Å²) < 4.78 is 13.2. The minimum absolute atomic E-state index is 0.122. The Morgan fingerprint density at radius 2 is 1.81 bits per heavy atom. The van der Waals surface area contributed by atoms with E-state index in [1.807, 2.05) is 41.3 Å². The first-order valence-corrected chi connectivity index (χ1v) is 13.7. The van der Waals surface area contributed by atoms with Gasteiger partial charge in [-0.25, -0.2) is 0 Å². The lowest BCUT2D eigenvalue weighted by molar-refractivity contribution is -0.116. The Balaban J connectivity index is 1.37. The molecule has 0 saturated heterocycles. The second-order valence-electron chi connectivity index (χ2n) is 9.66. The van der Waals surface area contributed by atoms with Crippen LogP contribution in [0.2, 0.25) is 0 Å². The molecule has 0 unspecified atom stereocenters. The average molecular weight is 507 g/mol. The Kier molecular flexibility index (Phi) is 7.51. The van der Waals surface area contributed by atoms with Gasteiger partial charge in [0.15, 0.2) is 16.7 Å². The summed E-state index contributed by atoms with van der Waals surface area (Å²) in [5.74, 6) is 2.82. The van der Waals surface area contributed by atoms with E-state index in [1.165, 1.54) is 36.6 Å². The second-order valence-corrected chi connectivity index (χ2v) is 10.6. The van der Waals surface area contributed by atoms with E-state index in [4.69, 9.17) is 9.47 Å². The third kappa shape index (κ3) is 4.96. The number of rotatable bonds is 8. The number of methoxy groups -OCH3 is 2. The van der Waals surface area contributed by atoms with Crippen molar-refractivity contribution in [2.24, 2.45) is 0 Å². The summed E-state index contributed by atoms with van der Waals surface area (Å²) in [5.41, 5.74) is 3.37. The fourth-order valence-corrected chi connectivity index (χ4v) is 6.43. The minimum atomic E-state index is 0.122. The number of hydrogen-bond donors (Lipinski definition) is 0. The Labute approximate surface area is 217 Å². The molecule has 7 nitrogen and oxygen atoms in total. The highest BCUT2D eigenvalue weighted by Crippen LogP contribution is 2.36. The van der Waals surface area contributed by atoms with Gasteiger partial charge in [-0.15, -0.1) is 10.2 Å². The summed E-state index contributed by atoms with van der Waals surface area (Å²) in [6.45, 7) is 2.12. The van der Waals surface area contributed by atoms with Crippen LogP contribution < -0.4 is 14.4 Å². The molecule has 1 atom stereocenters. The zero-order valence-corrected chi connectivity index (χ0v) is 22.1. The summed E-state index contributed by atoms with van der Waals surface area (Å²) in [4.78, 5) is 15.3. The monoisotopic (exact) mass is 506 g/mol. The number of carbonyl (C=O) groups excluding carboxylic acids is 1. The minimum Gasteiger partial charge on any atom is -0.493 e. The molecule has 1 aromatic heterocycles. The number of amides is 1. The third-order valence-corrected chi connectivity index (χ3v) is 8.21. The quantitative estimate of drug-likeness (QED) is 0.378. The predicted molar refractivity (Wildman–Crippen MR) is 142 cm³/mol. The van der Waals surface area contributed by atoms with Crippen LogP contribution in [0.3, 0.4) is 0 Å². The van der Waals surface area contributed by atoms with Crippen LogP contribution in [0.15, 0.2) is 47.6 Å². The smallest absolute Gasteiger partial charge is 0.237 e. The number of para-hydroxylation sites is 1. The van der Waals surface area contributed by atoms with Crippen LogP contribution in [0.1, 0.15) is 62.0 Å². The Morgan fingerprint density at radius 3 is 2.58 bits per heavy atom. The maximum atomic E-state index is 13.3. The number of fused-ring (bicyclic) bond motifs is 1. The van der Waals surface area contributed by atoms with Crippen LogP contribution in [-0.2, 0) is 17.6 Å². The van der Waals surface area contributed by atoms with Crippen molar-refractivity contribution in [3.63, 3.8) is 0 Å². The molecule has 190 valence electrons. The molecule has 1 saturated carbocycles. The van der Waals surface area contributed by atoms with E-state index in [0.29, 0.717) is 29.7 Å². The molecule has 0 bridgehead atoms. The van der Waals surface area contributed by atoms with Crippen molar-refractivity contribution < 1.29 is 14.3 Å². The standard InChI is InChI=1S/C28H34N4O3S/c1-19-15-21-9-7-8-12-23(21)31(19)27(33)18-36-28-30-29-26(32(28)22-10-5-4-6-11-22)17-20-13-14-24(34-2)25(16-20)35-3/h7-9,12-14,16,19,22H,4-6,10-11,15,17-18H2,1-3H3/t19-/m0/s1. The van der Waals surface area contributed by atoms with Crippen molar-refractivity contribution in [1.29, 1.82) is 0 Å². The highest BCUT2D eigenvalue weighted by Gasteiger charge is 2.31. The molecular formula is C28H34N4O3S. The van der Waals surface area contributed by atoms with Crippen LogP contribution in [0.4, 0.5) is 5.69 Å². The first kappa shape index (κ1) is 24.7. The first-order valence-electron chi connectivity index (χ1n) is 12.8. The van der Waals surface area contributed by atoms with Crippen LogP contribution in [0, 0.1) is 0 Å². The first-order chi connectivity index (χ1) is 17.6. The van der Waals surface area contributed by atoms with Crippen LogP contribution in [0.5, 0.6) is 11.5 Å². The van der Waals surface area contributed by atoms with E-state index in [-0.39, 0.29) is 11.9 Å². The van der Waals surface area contributed by atoms with Crippen molar-refractivity contribution in [1.82, 2.24) is 14.8 Å². The molecule has 2 aromatic carbocycles. The van der Waals surface area contributed by atoms with Gasteiger partial charge in [0.25, 0.3) is 0 Å². The molecule has 0 spiro atoms. The second kappa shape index (κ2) is 10.9. The highest BCUT2D eigenvalue weighted by atomic mass is 32.2. The average Bonchev–Trinajstić information content (AvgIpc) is 3.47. The van der Waals surface area contributed by atoms with Gasteiger partial charge < -0.3 is 18.9 Å². The van der Waals surface area contributed by atoms with Gasteiger partial charge in [-0.1, -0.05) is 55.3 Å². The maximum Gasteiger partial charge on any atom is 0.237 e. The van der Waals surface area contributed by atoms with E-state index in [2.05, 4.69) is 27.8 Å². The maximum absolute atomic E-state index is 13.3. The fraction of sp³-hybridized carbons (Fsp3) is 0.464. The molecule has 0 radical (unpaired) electrons. The Hall–Kier alpha value is -3.00. The van der Waals surface area contributed by atoms with Crippen LogP contribution >= 0.6 is 11.8 Å². The van der Waals surface area contributed by atoms with Crippen molar-refractivity contribution in [2.45, 2.75) is 69.1 Å². The molecule has 1 fully saturated rings. The molecule has 1 aliphatic heterocycles. The zero-order valence-electron chi connectivity index (χ0n) is 21.3. The lowest BCUT2D eigenvalue weighted by Crippen LogP contribution is -2.37. The van der Waals surface area contributed by atoms with E-state index in [0.717, 1.165) is 41.5 Å². The number of benzene rings is 2. The molecule has 1 amide bonds. The topological polar surface area (TPSA) is 69.5 Å². The van der Waals surface area contributed by atoms with Gasteiger partial charge in [-0.2, -0.15) is 0 Å². The number of carbonyl (C=O) groups is 1. The van der Waals surface area contributed by atoms with Crippen LogP contribution in [0.25, 0.3) is 0 Å². The summed E-state index contributed by atoms with van der Waals surface area (Å²) in [7, 11) is 3.29. The van der Waals surface area contributed by atoms with Gasteiger partial charge in [0, 0.05) is 24.2 Å². The van der Waals surface area contributed by atoms with Gasteiger partial charge in [0.05, 0.1) is 20.0 Å². The summed E-state index contributed by atoms with van der Waals surface area (Å²) >= 11 is 1.51. The van der Waals surface area contributed by atoms with Gasteiger partial charge in [0.2, 0.25) is 5.91 Å². The molecular weight excluding hydrogens is 472 g/mol. The van der Waals surface area contributed by atoms with Crippen molar-refractivity contribution in [3.8, 4) is 11.5 Å². The van der Waals surface area contributed by atoms with Gasteiger partial charge in [0.1, 0.15) is 5.82 Å². The summed E-state index contributed by atoms with van der Waals surface area (Å²) in [5, 5.41) is 10.0. The van der Waals surface area contributed by atoms with E-state index in [9.17, 15) is 4.79 Å². The van der Waals surface area contributed by atoms with E-state index >= 15 is 0 Å². The number of nitrogens with zero attached hydrogens (tertiary/aromatic N) is 4. The number of hydrogen-bond acceptors (Lipinski definition) is 6. The van der Waals surface area contributed by atoms with Gasteiger partial charge in [-0.3, -0.25) is 4.79 Å². The lowest BCUT2D eigenvalue weighted by atomic mass is 9.95. The molecule has 2 aliphatic rings. The van der Waals surface area contributed by atoms with E-state index < -0.39 is 0 Å². The molecule has 1 aliphatic carbocycles. The van der Waals surface area contributed by atoms with Crippen molar-refractivity contribution in [3.05, 3.63) is 59.4 Å². The number of ether oxygens (including phenoxy) is 2.